The normalized spacial score (nSPS) is 16.4. The van der Waals surface area contributed by atoms with Crippen LogP contribution in [0.5, 0.6) is 5.75 Å². The summed E-state index contributed by atoms with van der Waals surface area (Å²) in [7, 11) is -1.82. The molecule has 1 aromatic heterocycles. The van der Waals surface area contributed by atoms with Crippen molar-refractivity contribution in [2.45, 2.75) is 19.3 Å². The lowest BCUT2D eigenvalue weighted by Crippen LogP contribution is -2.38. The van der Waals surface area contributed by atoms with E-state index in [2.05, 4.69) is 5.32 Å². The average molecular weight is 380 g/mol. The quantitative estimate of drug-likeness (QED) is 0.865. The van der Waals surface area contributed by atoms with Gasteiger partial charge in [-0.1, -0.05) is 6.07 Å². The molecule has 0 saturated carbocycles. The number of ether oxygens (including phenoxy) is 1. The highest BCUT2D eigenvalue weighted by atomic mass is 32.2. The number of nitrogens with zero attached hydrogens (tertiary/aromatic N) is 1. The molecule has 0 unspecified atom stereocenters. The Bertz CT molecular complexity index is 848. The summed E-state index contributed by atoms with van der Waals surface area (Å²) in [5, 5.41) is 4.76. The molecule has 0 aliphatic carbocycles. The molecule has 25 heavy (non-hydrogen) atoms. The van der Waals surface area contributed by atoms with E-state index in [1.165, 1.54) is 22.8 Å². The van der Waals surface area contributed by atoms with Gasteiger partial charge < -0.3 is 10.1 Å². The van der Waals surface area contributed by atoms with Gasteiger partial charge in [0.2, 0.25) is 15.9 Å². The van der Waals surface area contributed by atoms with Crippen molar-refractivity contribution < 1.29 is 17.9 Å². The van der Waals surface area contributed by atoms with Gasteiger partial charge in [-0.25, -0.2) is 8.42 Å². The van der Waals surface area contributed by atoms with E-state index in [9.17, 15) is 13.2 Å². The summed E-state index contributed by atoms with van der Waals surface area (Å²) in [4.78, 5) is 13.1. The minimum atomic E-state index is -3.31. The lowest BCUT2D eigenvalue weighted by atomic mass is 10.2. The number of benzene rings is 1. The highest BCUT2D eigenvalue weighted by Gasteiger charge is 2.28. The second-order valence-corrected chi connectivity index (χ2v) is 8.83. The zero-order valence-corrected chi connectivity index (χ0v) is 15.5. The molecule has 1 aromatic carbocycles. The SMILES string of the molecule is COc1cc(NC(=O)Cc2cccs2)ccc1N1CCCCS1(=O)=O. The van der Waals surface area contributed by atoms with Gasteiger partial charge in [0, 0.05) is 23.2 Å². The van der Waals surface area contributed by atoms with E-state index in [1.807, 2.05) is 17.5 Å². The van der Waals surface area contributed by atoms with Crippen LogP contribution in [0.3, 0.4) is 0 Å². The first-order valence-electron chi connectivity index (χ1n) is 8.00. The first-order chi connectivity index (χ1) is 12.0. The first kappa shape index (κ1) is 17.8. The molecule has 0 radical (unpaired) electrons. The van der Waals surface area contributed by atoms with Crippen LogP contribution in [-0.2, 0) is 21.2 Å². The lowest BCUT2D eigenvalue weighted by molar-refractivity contribution is -0.115. The van der Waals surface area contributed by atoms with Crippen LogP contribution in [0.15, 0.2) is 35.7 Å². The maximum Gasteiger partial charge on any atom is 0.235 e. The molecule has 1 N–H and O–H groups in total. The molecule has 3 rings (SSSR count). The Morgan fingerprint density at radius 2 is 2.16 bits per heavy atom. The standard InChI is InChI=1S/C17H20N2O4S2/c1-23-16-11-13(18-17(20)12-14-5-4-9-24-14)6-7-15(16)19-8-2-3-10-25(19,21)22/h4-7,9,11H,2-3,8,10,12H2,1H3,(H,18,20). The molecule has 8 heteroatoms. The highest BCUT2D eigenvalue weighted by molar-refractivity contribution is 7.92. The van der Waals surface area contributed by atoms with Gasteiger partial charge in [-0.15, -0.1) is 11.3 Å². The van der Waals surface area contributed by atoms with E-state index in [0.29, 0.717) is 36.5 Å². The Morgan fingerprint density at radius 3 is 2.84 bits per heavy atom. The molecule has 0 spiro atoms. The molecule has 1 amide bonds. The molecule has 0 atom stereocenters. The van der Waals surface area contributed by atoms with Gasteiger partial charge in [0.15, 0.2) is 0 Å². The van der Waals surface area contributed by atoms with Crippen molar-refractivity contribution in [1.82, 2.24) is 0 Å². The van der Waals surface area contributed by atoms with Crippen LogP contribution < -0.4 is 14.4 Å². The third-order valence-electron chi connectivity index (χ3n) is 4.00. The molecule has 1 aliphatic heterocycles. The predicted octanol–water partition coefficient (Wildman–Crippen LogP) is 2.87. The Labute approximate surface area is 151 Å². The van der Waals surface area contributed by atoms with Crippen LogP contribution in [0.25, 0.3) is 0 Å². The number of rotatable bonds is 5. The minimum Gasteiger partial charge on any atom is -0.494 e. The number of hydrogen-bond donors (Lipinski definition) is 1. The first-order valence-corrected chi connectivity index (χ1v) is 10.5. The molecular formula is C17H20N2O4S2. The number of hydrogen-bond acceptors (Lipinski definition) is 5. The summed E-state index contributed by atoms with van der Waals surface area (Å²) in [6, 6.07) is 8.86. The molecular weight excluding hydrogens is 360 g/mol. The number of carbonyl (C=O) groups excluding carboxylic acids is 1. The Kier molecular flexibility index (Phi) is 5.29. The minimum absolute atomic E-state index is 0.122. The molecule has 2 aromatic rings. The fraction of sp³-hybridized carbons (Fsp3) is 0.353. The monoisotopic (exact) mass is 380 g/mol. The predicted molar refractivity (Wildman–Crippen MR) is 100 cm³/mol. The second kappa shape index (κ2) is 7.45. The molecule has 2 heterocycles. The third kappa shape index (κ3) is 4.13. The Hall–Kier alpha value is -2.06. The largest absolute Gasteiger partial charge is 0.494 e. The van der Waals surface area contributed by atoms with Gasteiger partial charge in [-0.3, -0.25) is 9.10 Å². The maximum atomic E-state index is 12.3. The number of methoxy groups -OCH3 is 1. The lowest BCUT2D eigenvalue weighted by Gasteiger charge is -2.29. The summed E-state index contributed by atoms with van der Waals surface area (Å²) in [5.41, 5.74) is 1.09. The second-order valence-electron chi connectivity index (χ2n) is 5.79. The van der Waals surface area contributed by atoms with Gasteiger partial charge in [0.1, 0.15) is 5.75 Å². The zero-order valence-electron chi connectivity index (χ0n) is 13.9. The summed E-state index contributed by atoms with van der Waals surface area (Å²) in [6.45, 7) is 0.447. The van der Waals surface area contributed by atoms with Gasteiger partial charge in [-0.2, -0.15) is 0 Å². The number of thiophene rings is 1. The number of nitrogens with one attached hydrogen (secondary N) is 1. The molecule has 1 saturated heterocycles. The fourth-order valence-electron chi connectivity index (χ4n) is 2.80. The Balaban J connectivity index is 1.78. The van der Waals surface area contributed by atoms with E-state index in [1.54, 1.807) is 18.2 Å². The highest BCUT2D eigenvalue weighted by Crippen LogP contribution is 2.34. The van der Waals surface area contributed by atoms with Crippen molar-refractivity contribution in [3.8, 4) is 5.75 Å². The van der Waals surface area contributed by atoms with Gasteiger partial charge >= 0.3 is 0 Å². The van der Waals surface area contributed by atoms with Crippen molar-refractivity contribution in [2.24, 2.45) is 0 Å². The van der Waals surface area contributed by atoms with Gasteiger partial charge in [-0.05, 0) is 36.4 Å². The van der Waals surface area contributed by atoms with E-state index in [0.717, 1.165) is 11.3 Å². The van der Waals surface area contributed by atoms with Crippen LogP contribution >= 0.6 is 11.3 Å². The summed E-state index contributed by atoms with van der Waals surface area (Å²) < 4.78 is 31.3. The van der Waals surface area contributed by atoms with E-state index in [4.69, 9.17) is 4.74 Å². The Morgan fingerprint density at radius 1 is 1.32 bits per heavy atom. The van der Waals surface area contributed by atoms with Crippen LogP contribution in [0.1, 0.15) is 17.7 Å². The van der Waals surface area contributed by atoms with Crippen LogP contribution in [0.2, 0.25) is 0 Å². The van der Waals surface area contributed by atoms with Crippen molar-refractivity contribution in [3.63, 3.8) is 0 Å². The number of anilines is 2. The summed E-state index contributed by atoms with van der Waals surface area (Å²) in [5.74, 6) is 0.456. The van der Waals surface area contributed by atoms with E-state index in [-0.39, 0.29) is 11.7 Å². The van der Waals surface area contributed by atoms with E-state index < -0.39 is 10.0 Å². The molecule has 1 aliphatic rings. The van der Waals surface area contributed by atoms with Crippen molar-refractivity contribution in [2.75, 3.05) is 29.0 Å². The molecule has 0 bridgehead atoms. The smallest absolute Gasteiger partial charge is 0.235 e. The van der Waals surface area contributed by atoms with Crippen LogP contribution in [0, 0.1) is 0 Å². The zero-order chi connectivity index (χ0) is 17.9. The van der Waals surface area contributed by atoms with Crippen molar-refractivity contribution in [3.05, 3.63) is 40.6 Å². The van der Waals surface area contributed by atoms with Crippen LogP contribution in [-0.4, -0.2) is 33.7 Å². The summed E-state index contributed by atoms with van der Waals surface area (Å²) >= 11 is 1.53. The number of amides is 1. The molecule has 6 nitrogen and oxygen atoms in total. The maximum absolute atomic E-state index is 12.3. The molecule has 1 fully saturated rings. The fourth-order valence-corrected chi connectivity index (χ4v) is 5.15. The van der Waals surface area contributed by atoms with Gasteiger partial charge in [0.25, 0.3) is 0 Å². The average Bonchev–Trinajstić information content (AvgIpc) is 3.07. The van der Waals surface area contributed by atoms with Crippen molar-refractivity contribution >= 4 is 38.6 Å². The van der Waals surface area contributed by atoms with Crippen molar-refractivity contribution in [1.29, 1.82) is 0 Å². The molecule has 134 valence electrons. The van der Waals surface area contributed by atoms with Gasteiger partial charge in [0.05, 0.1) is 25.0 Å². The van der Waals surface area contributed by atoms with E-state index >= 15 is 0 Å². The third-order valence-corrected chi connectivity index (χ3v) is 6.73. The topological polar surface area (TPSA) is 75.7 Å². The number of sulfonamides is 1. The summed E-state index contributed by atoms with van der Waals surface area (Å²) in [6.07, 6.45) is 1.81. The number of carbonyl (C=O) groups is 1. The van der Waals surface area contributed by atoms with Crippen LogP contribution in [0.4, 0.5) is 11.4 Å².